The highest BCUT2D eigenvalue weighted by molar-refractivity contribution is 9.08. The average Bonchev–Trinajstić information content (AvgIpc) is 2.23. The van der Waals surface area contributed by atoms with Gasteiger partial charge in [-0.3, -0.25) is 0 Å². The Morgan fingerprint density at radius 2 is 2.20 bits per heavy atom. The number of hydrogen-bond acceptors (Lipinski definition) is 2. The smallest absolute Gasteiger partial charge is 0.127 e. The second kappa shape index (κ2) is 7.12. The zero-order valence-electron chi connectivity index (χ0n) is 8.63. The lowest BCUT2D eigenvalue weighted by molar-refractivity contribution is 0.317. The van der Waals surface area contributed by atoms with Crippen LogP contribution in [0.1, 0.15) is 12.0 Å². The number of hydrogen-bond donors (Lipinski definition) is 0. The number of thioether (sulfide) groups is 1. The Labute approximate surface area is 103 Å². The minimum atomic E-state index is -0.244. The molecule has 1 aromatic rings. The van der Waals surface area contributed by atoms with Crippen LogP contribution in [0.5, 0.6) is 5.75 Å². The average molecular weight is 293 g/mol. The molecule has 0 atom stereocenters. The fourth-order valence-corrected chi connectivity index (χ4v) is 1.90. The third-order valence-corrected chi connectivity index (χ3v) is 3.19. The third-order valence-electron chi connectivity index (χ3n) is 1.85. The van der Waals surface area contributed by atoms with Crippen molar-refractivity contribution in [1.29, 1.82) is 0 Å². The molecule has 0 saturated carbocycles. The molecule has 0 unspecified atom stereocenters. The fourth-order valence-electron chi connectivity index (χ4n) is 1.17. The summed E-state index contributed by atoms with van der Waals surface area (Å²) in [5, 5.41) is 0.645. The van der Waals surface area contributed by atoms with Gasteiger partial charge in [-0.25, -0.2) is 4.39 Å². The van der Waals surface area contributed by atoms with Crippen LogP contribution in [0.2, 0.25) is 0 Å². The van der Waals surface area contributed by atoms with Gasteiger partial charge in [0.15, 0.2) is 0 Å². The molecule has 0 N–H and O–H groups in total. The summed E-state index contributed by atoms with van der Waals surface area (Å²) in [6.07, 6.45) is 3.05. The predicted octanol–water partition coefficient (Wildman–Crippen LogP) is 3.85. The summed E-state index contributed by atoms with van der Waals surface area (Å²) in [6, 6.07) is 4.78. The quantitative estimate of drug-likeness (QED) is 0.582. The minimum absolute atomic E-state index is 0.244. The Kier molecular flexibility index (Phi) is 6.10. The van der Waals surface area contributed by atoms with E-state index in [-0.39, 0.29) is 5.82 Å². The van der Waals surface area contributed by atoms with Gasteiger partial charge in [0.2, 0.25) is 0 Å². The molecular formula is C11H14BrFOS. The first-order valence-electron chi connectivity index (χ1n) is 4.73. The summed E-state index contributed by atoms with van der Waals surface area (Å²) in [6.45, 7) is 0.645. The molecule has 1 rings (SSSR count). The van der Waals surface area contributed by atoms with Crippen molar-refractivity contribution >= 4 is 27.7 Å². The van der Waals surface area contributed by atoms with E-state index in [2.05, 4.69) is 22.2 Å². The first-order valence-corrected chi connectivity index (χ1v) is 7.25. The summed E-state index contributed by atoms with van der Waals surface area (Å²) in [7, 11) is 0. The number of benzene rings is 1. The molecule has 0 aliphatic rings. The lowest BCUT2D eigenvalue weighted by Gasteiger charge is -2.07. The molecule has 0 radical (unpaired) electrons. The summed E-state index contributed by atoms with van der Waals surface area (Å²) >= 11 is 5.08. The standard InChI is InChI=1S/C11H14BrFOS/c1-15-4-2-3-14-11-6-9(8-12)5-10(13)7-11/h5-7H,2-4,8H2,1H3. The zero-order valence-corrected chi connectivity index (χ0v) is 11.0. The molecule has 1 aromatic carbocycles. The normalized spacial score (nSPS) is 10.3. The van der Waals surface area contributed by atoms with E-state index in [0.717, 1.165) is 17.7 Å². The lowest BCUT2D eigenvalue weighted by atomic mass is 10.2. The molecule has 0 spiro atoms. The maximum Gasteiger partial charge on any atom is 0.127 e. The monoisotopic (exact) mass is 292 g/mol. The molecule has 0 saturated heterocycles. The van der Waals surface area contributed by atoms with Gasteiger partial charge in [-0.05, 0) is 36.1 Å². The van der Waals surface area contributed by atoms with Crippen LogP contribution in [-0.4, -0.2) is 18.6 Å². The van der Waals surface area contributed by atoms with Crippen molar-refractivity contribution in [1.82, 2.24) is 0 Å². The van der Waals surface area contributed by atoms with Crippen LogP contribution in [-0.2, 0) is 5.33 Å². The van der Waals surface area contributed by atoms with Crippen LogP contribution in [0.3, 0.4) is 0 Å². The fraction of sp³-hybridized carbons (Fsp3) is 0.455. The van der Waals surface area contributed by atoms with Gasteiger partial charge in [-0.15, -0.1) is 0 Å². The van der Waals surface area contributed by atoms with Crippen LogP contribution >= 0.6 is 27.7 Å². The van der Waals surface area contributed by atoms with Gasteiger partial charge < -0.3 is 4.74 Å². The van der Waals surface area contributed by atoms with Crippen molar-refractivity contribution < 1.29 is 9.13 Å². The van der Waals surface area contributed by atoms with Crippen LogP contribution in [0.15, 0.2) is 18.2 Å². The molecule has 0 heterocycles. The Balaban J connectivity index is 2.49. The van der Waals surface area contributed by atoms with Gasteiger partial charge in [-0.2, -0.15) is 11.8 Å². The maximum absolute atomic E-state index is 13.1. The molecule has 15 heavy (non-hydrogen) atoms. The molecule has 84 valence electrons. The van der Waals surface area contributed by atoms with Crippen LogP contribution in [0, 0.1) is 5.82 Å². The lowest BCUT2D eigenvalue weighted by Crippen LogP contribution is -1.99. The van der Waals surface area contributed by atoms with Gasteiger partial charge in [0.05, 0.1) is 6.61 Å². The van der Waals surface area contributed by atoms with Crippen molar-refractivity contribution in [3.8, 4) is 5.75 Å². The van der Waals surface area contributed by atoms with E-state index in [1.807, 2.05) is 6.07 Å². The zero-order chi connectivity index (χ0) is 11.1. The number of alkyl halides is 1. The van der Waals surface area contributed by atoms with Crippen LogP contribution < -0.4 is 4.74 Å². The van der Waals surface area contributed by atoms with E-state index in [1.165, 1.54) is 12.1 Å². The number of ether oxygens (including phenoxy) is 1. The van der Waals surface area contributed by atoms with Crippen LogP contribution in [0.4, 0.5) is 4.39 Å². The van der Waals surface area contributed by atoms with Gasteiger partial charge in [0.25, 0.3) is 0 Å². The van der Waals surface area contributed by atoms with E-state index in [1.54, 1.807) is 11.8 Å². The highest BCUT2D eigenvalue weighted by Crippen LogP contribution is 2.18. The van der Waals surface area contributed by atoms with E-state index in [0.29, 0.717) is 17.7 Å². The van der Waals surface area contributed by atoms with Crippen molar-refractivity contribution in [3.05, 3.63) is 29.6 Å². The number of halogens is 2. The Morgan fingerprint density at radius 1 is 1.40 bits per heavy atom. The number of rotatable bonds is 6. The maximum atomic E-state index is 13.1. The van der Waals surface area contributed by atoms with Crippen molar-refractivity contribution in [2.45, 2.75) is 11.8 Å². The largest absolute Gasteiger partial charge is 0.493 e. The second-order valence-corrected chi connectivity index (χ2v) is 4.67. The highest BCUT2D eigenvalue weighted by Gasteiger charge is 2.00. The molecule has 0 bridgehead atoms. The molecule has 0 fully saturated rings. The van der Waals surface area contributed by atoms with E-state index in [9.17, 15) is 4.39 Å². The Morgan fingerprint density at radius 3 is 2.87 bits per heavy atom. The molecule has 0 amide bonds. The predicted molar refractivity (Wildman–Crippen MR) is 67.5 cm³/mol. The SMILES string of the molecule is CSCCCOc1cc(F)cc(CBr)c1. The first-order chi connectivity index (χ1) is 7.26. The van der Waals surface area contributed by atoms with Crippen molar-refractivity contribution in [3.63, 3.8) is 0 Å². The van der Waals surface area contributed by atoms with E-state index in [4.69, 9.17) is 4.74 Å². The Bertz CT molecular complexity index is 307. The first kappa shape index (κ1) is 12.8. The van der Waals surface area contributed by atoms with Crippen LogP contribution in [0.25, 0.3) is 0 Å². The topological polar surface area (TPSA) is 9.23 Å². The second-order valence-electron chi connectivity index (χ2n) is 3.12. The molecule has 0 aliphatic carbocycles. The molecule has 1 nitrogen and oxygen atoms in total. The summed E-state index contributed by atoms with van der Waals surface area (Å²) in [5.74, 6) is 1.44. The van der Waals surface area contributed by atoms with Crippen molar-refractivity contribution in [2.24, 2.45) is 0 Å². The highest BCUT2D eigenvalue weighted by atomic mass is 79.9. The molecular weight excluding hydrogens is 279 g/mol. The van der Waals surface area contributed by atoms with Gasteiger partial charge in [0, 0.05) is 11.4 Å². The van der Waals surface area contributed by atoms with Gasteiger partial charge in [-0.1, -0.05) is 15.9 Å². The van der Waals surface area contributed by atoms with Gasteiger partial charge in [0.1, 0.15) is 11.6 Å². The van der Waals surface area contributed by atoms with Gasteiger partial charge >= 0.3 is 0 Å². The third kappa shape index (κ3) is 4.89. The Hall–Kier alpha value is -0.220. The summed E-state index contributed by atoms with van der Waals surface area (Å²) < 4.78 is 18.5. The van der Waals surface area contributed by atoms with E-state index < -0.39 is 0 Å². The van der Waals surface area contributed by atoms with E-state index >= 15 is 0 Å². The summed E-state index contributed by atoms with van der Waals surface area (Å²) in [5.41, 5.74) is 0.898. The minimum Gasteiger partial charge on any atom is -0.493 e. The molecule has 0 aromatic heterocycles. The van der Waals surface area contributed by atoms with Crippen molar-refractivity contribution in [2.75, 3.05) is 18.6 Å². The molecule has 4 heteroatoms. The summed E-state index contributed by atoms with van der Waals surface area (Å²) in [4.78, 5) is 0. The molecule has 0 aliphatic heterocycles.